The molecule has 0 radical (unpaired) electrons. The van der Waals surface area contributed by atoms with E-state index in [0.29, 0.717) is 17.0 Å². The van der Waals surface area contributed by atoms with Crippen LogP contribution in [0.2, 0.25) is 0 Å². The molecule has 5 rings (SSSR count). The number of rotatable bonds is 7. The van der Waals surface area contributed by atoms with E-state index in [4.69, 9.17) is 0 Å². The second-order valence-corrected chi connectivity index (χ2v) is 9.96. The summed E-state index contributed by atoms with van der Waals surface area (Å²) < 4.78 is 27.1. The summed E-state index contributed by atoms with van der Waals surface area (Å²) in [6.45, 7) is 1.40. The van der Waals surface area contributed by atoms with Gasteiger partial charge in [-0.1, -0.05) is 18.2 Å². The standard InChI is InChI=1S/C19H28N2O2S/c22-24(23,18-5-2-1-3-6-18)21-8-4-7-20-19-12-15-9-16(13-19)11-17(10-15)14-19/h1-3,5-6,15-17,20-21H,4,7-14H2. The summed E-state index contributed by atoms with van der Waals surface area (Å²) in [5.41, 5.74) is 0.368. The van der Waals surface area contributed by atoms with Crippen molar-refractivity contribution >= 4 is 10.0 Å². The number of hydrogen-bond acceptors (Lipinski definition) is 3. The van der Waals surface area contributed by atoms with Crippen molar-refractivity contribution < 1.29 is 8.42 Å². The Hall–Kier alpha value is -0.910. The normalized spacial score (nSPS) is 34.6. The molecule has 132 valence electrons. The lowest BCUT2D eigenvalue weighted by Crippen LogP contribution is -2.58. The molecule has 0 unspecified atom stereocenters. The highest BCUT2D eigenvalue weighted by Gasteiger charge is 2.50. The van der Waals surface area contributed by atoms with Crippen LogP contribution in [0.3, 0.4) is 0 Å². The number of benzene rings is 1. The zero-order valence-electron chi connectivity index (χ0n) is 14.2. The quantitative estimate of drug-likeness (QED) is 0.745. The third-order valence-corrected chi connectivity index (χ3v) is 7.71. The van der Waals surface area contributed by atoms with E-state index in [1.807, 2.05) is 6.07 Å². The van der Waals surface area contributed by atoms with Crippen molar-refractivity contribution in [3.05, 3.63) is 30.3 Å². The van der Waals surface area contributed by atoms with Gasteiger partial charge in [0.15, 0.2) is 0 Å². The van der Waals surface area contributed by atoms with Gasteiger partial charge in [0.05, 0.1) is 4.90 Å². The molecule has 5 heteroatoms. The van der Waals surface area contributed by atoms with E-state index in [0.717, 1.165) is 30.7 Å². The van der Waals surface area contributed by atoms with E-state index in [9.17, 15) is 8.42 Å². The Morgan fingerprint density at radius 1 is 0.917 bits per heavy atom. The van der Waals surface area contributed by atoms with Crippen molar-refractivity contribution in [3.63, 3.8) is 0 Å². The molecular weight excluding hydrogens is 320 g/mol. The Morgan fingerprint density at radius 2 is 1.50 bits per heavy atom. The molecular formula is C19H28N2O2S. The van der Waals surface area contributed by atoms with Crippen molar-refractivity contribution in [3.8, 4) is 0 Å². The molecule has 4 bridgehead atoms. The summed E-state index contributed by atoms with van der Waals surface area (Å²) in [4.78, 5) is 0.346. The molecule has 4 fully saturated rings. The van der Waals surface area contributed by atoms with Crippen LogP contribution < -0.4 is 10.0 Å². The second kappa shape index (κ2) is 6.43. The summed E-state index contributed by atoms with van der Waals surface area (Å²) in [6.07, 6.45) is 9.24. The first-order valence-corrected chi connectivity index (χ1v) is 10.8. The largest absolute Gasteiger partial charge is 0.311 e. The molecule has 24 heavy (non-hydrogen) atoms. The van der Waals surface area contributed by atoms with Gasteiger partial charge in [0.25, 0.3) is 0 Å². The van der Waals surface area contributed by atoms with Crippen LogP contribution in [0.15, 0.2) is 35.2 Å². The Balaban J connectivity index is 1.24. The third-order valence-electron chi connectivity index (χ3n) is 6.24. The van der Waals surface area contributed by atoms with Crippen LogP contribution in [0.1, 0.15) is 44.9 Å². The van der Waals surface area contributed by atoms with Crippen LogP contribution in [-0.2, 0) is 10.0 Å². The maximum Gasteiger partial charge on any atom is 0.240 e. The van der Waals surface area contributed by atoms with Crippen LogP contribution in [-0.4, -0.2) is 27.0 Å². The van der Waals surface area contributed by atoms with Gasteiger partial charge in [-0.05, 0) is 81.4 Å². The molecule has 2 N–H and O–H groups in total. The molecule has 4 saturated carbocycles. The van der Waals surface area contributed by atoms with Gasteiger partial charge in [-0.25, -0.2) is 13.1 Å². The summed E-state index contributed by atoms with van der Waals surface area (Å²) in [7, 11) is -3.36. The molecule has 0 aromatic heterocycles. The zero-order chi connectivity index (χ0) is 16.6. The molecule has 4 nitrogen and oxygen atoms in total. The highest BCUT2D eigenvalue weighted by atomic mass is 32.2. The molecule has 0 atom stereocenters. The first-order chi connectivity index (χ1) is 11.5. The smallest absolute Gasteiger partial charge is 0.240 e. The molecule has 0 spiro atoms. The number of sulfonamides is 1. The van der Waals surface area contributed by atoms with Gasteiger partial charge < -0.3 is 5.32 Å². The average molecular weight is 349 g/mol. The van der Waals surface area contributed by atoms with E-state index in [1.165, 1.54) is 38.5 Å². The van der Waals surface area contributed by atoms with E-state index in [-0.39, 0.29) is 0 Å². The summed E-state index contributed by atoms with van der Waals surface area (Å²) >= 11 is 0. The minimum atomic E-state index is -3.36. The molecule has 0 amide bonds. The number of nitrogens with one attached hydrogen (secondary N) is 2. The van der Waals surface area contributed by atoms with Crippen molar-refractivity contribution in [1.29, 1.82) is 0 Å². The SMILES string of the molecule is O=S(=O)(NCCCNC12CC3CC(CC(C3)C1)C2)c1ccccc1. The summed E-state index contributed by atoms with van der Waals surface area (Å²) in [6, 6.07) is 8.60. The predicted molar refractivity (Wildman–Crippen MR) is 95.2 cm³/mol. The maximum absolute atomic E-state index is 12.2. The van der Waals surface area contributed by atoms with Crippen molar-refractivity contribution in [2.45, 2.75) is 55.4 Å². The average Bonchev–Trinajstić information content (AvgIpc) is 2.54. The Labute approximate surface area is 145 Å². The minimum absolute atomic E-state index is 0.346. The van der Waals surface area contributed by atoms with Gasteiger partial charge in [0.2, 0.25) is 10.0 Å². The molecule has 4 aliphatic carbocycles. The first kappa shape index (κ1) is 16.6. The molecule has 1 aromatic carbocycles. The molecule has 4 aliphatic rings. The lowest BCUT2D eigenvalue weighted by atomic mass is 9.53. The van der Waals surface area contributed by atoms with Gasteiger partial charge >= 0.3 is 0 Å². The van der Waals surface area contributed by atoms with E-state index in [2.05, 4.69) is 10.0 Å². The Morgan fingerprint density at radius 3 is 2.08 bits per heavy atom. The van der Waals surface area contributed by atoms with Crippen LogP contribution >= 0.6 is 0 Å². The van der Waals surface area contributed by atoms with Crippen LogP contribution in [0, 0.1) is 17.8 Å². The second-order valence-electron chi connectivity index (χ2n) is 8.19. The van der Waals surface area contributed by atoms with E-state index < -0.39 is 10.0 Å². The van der Waals surface area contributed by atoms with Gasteiger partial charge in [-0.2, -0.15) is 0 Å². The fraction of sp³-hybridized carbons (Fsp3) is 0.684. The van der Waals surface area contributed by atoms with Crippen LogP contribution in [0.4, 0.5) is 0 Å². The van der Waals surface area contributed by atoms with Gasteiger partial charge in [-0.3, -0.25) is 0 Å². The van der Waals surface area contributed by atoms with Gasteiger partial charge in [0, 0.05) is 12.1 Å². The van der Waals surface area contributed by atoms with Crippen LogP contribution in [0.25, 0.3) is 0 Å². The van der Waals surface area contributed by atoms with Crippen molar-refractivity contribution in [2.75, 3.05) is 13.1 Å². The van der Waals surface area contributed by atoms with E-state index >= 15 is 0 Å². The third kappa shape index (κ3) is 3.39. The maximum atomic E-state index is 12.2. The molecule has 1 aromatic rings. The highest BCUT2D eigenvalue weighted by molar-refractivity contribution is 7.89. The lowest BCUT2D eigenvalue weighted by molar-refractivity contribution is -0.0194. The zero-order valence-corrected chi connectivity index (χ0v) is 15.0. The Kier molecular flexibility index (Phi) is 4.43. The van der Waals surface area contributed by atoms with Gasteiger partial charge in [-0.15, -0.1) is 0 Å². The van der Waals surface area contributed by atoms with Gasteiger partial charge in [0.1, 0.15) is 0 Å². The Bertz CT molecular complexity index is 637. The predicted octanol–water partition coefficient (Wildman–Crippen LogP) is 2.91. The fourth-order valence-electron chi connectivity index (χ4n) is 5.66. The fourth-order valence-corrected chi connectivity index (χ4v) is 6.75. The summed E-state index contributed by atoms with van der Waals surface area (Å²) in [5, 5.41) is 3.82. The van der Waals surface area contributed by atoms with Crippen molar-refractivity contribution in [2.24, 2.45) is 17.8 Å². The topological polar surface area (TPSA) is 58.2 Å². The van der Waals surface area contributed by atoms with Crippen LogP contribution in [0.5, 0.6) is 0 Å². The summed E-state index contributed by atoms with van der Waals surface area (Å²) in [5.74, 6) is 2.83. The molecule has 0 aliphatic heterocycles. The minimum Gasteiger partial charge on any atom is -0.311 e. The monoisotopic (exact) mass is 348 g/mol. The molecule has 0 saturated heterocycles. The van der Waals surface area contributed by atoms with Crippen molar-refractivity contribution in [1.82, 2.24) is 10.0 Å². The van der Waals surface area contributed by atoms with E-state index in [1.54, 1.807) is 24.3 Å². The number of hydrogen-bond donors (Lipinski definition) is 2. The lowest BCUT2D eigenvalue weighted by Gasteiger charge is -2.57. The first-order valence-electron chi connectivity index (χ1n) is 9.34. The molecule has 0 heterocycles. The highest BCUT2D eigenvalue weighted by Crippen LogP contribution is 2.55.